The minimum absolute atomic E-state index is 0.252. The molecule has 0 aliphatic heterocycles. The summed E-state index contributed by atoms with van der Waals surface area (Å²) in [5.41, 5.74) is 0.614. The molecule has 0 saturated carbocycles. The van der Waals surface area contributed by atoms with Crippen molar-refractivity contribution >= 4 is 32.4 Å². The molecule has 6 heteroatoms. The summed E-state index contributed by atoms with van der Waals surface area (Å²) in [7, 11) is -2.12. The lowest BCUT2D eigenvalue weighted by atomic mass is 10.1. The fraction of sp³-hybridized carbons (Fsp3) is 0.182. The Morgan fingerprint density at radius 1 is 1.35 bits per heavy atom. The van der Waals surface area contributed by atoms with Gasteiger partial charge in [-0.2, -0.15) is 0 Å². The van der Waals surface area contributed by atoms with Crippen LogP contribution >= 0.6 is 11.6 Å². The third-order valence-electron chi connectivity index (χ3n) is 2.56. The zero-order chi connectivity index (χ0) is 12.6. The lowest BCUT2D eigenvalue weighted by molar-refractivity contribution is 0.588. The average molecular weight is 271 g/mol. The molecule has 2 aromatic rings. The van der Waals surface area contributed by atoms with Crippen LogP contribution in [0.25, 0.3) is 10.8 Å². The van der Waals surface area contributed by atoms with E-state index in [-0.39, 0.29) is 4.90 Å². The van der Waals surface area contributed by atoms with Gasteiger partial charge in [-0.05, 0) is 31.7 Å². The van der Waals surface area contributed by atoms with Gasteiger partial charge >= 0.3 is 0 Å². The van der Waals surface area contributed by atoms with Gasteiger partial charge in [0, 0.05) is 23.2 Å². The van der Waals surface area contributed by atoms with Gasteiger partial charge in [-0.1, -0.05) is 11.6 Å². The smallest absolute Gasteiger partial charge is 0.241 e. The van der Waals surface area contributed by atoms with Gasteiger partial charge in [0.25, 0.3) is 0 Å². The summed E-state index contributed by atoms with van der Waals surface area (Å²) in [6.45, 7) is 1.72. The Morgan fingerprint density at radius 2 is 2.06 bits per heavy atom. The molecule has 0 spiro atoms. The number of benzene rings is 1. The van der Waals surface area contributed by atoms with Crippen molar-refractivity contribution in [3.8, 4) is 0 Å². The lowest BCUT2D eigenvalue weighted by Crippen LogP contribution is -2.20. The molecule has 1 aromatic carbocycles. The first-order valence-corrected chi connectivity index (χ1v) is 6.80. The van der Waals surface area contributed by atoms with E-state index in [1.54, 1.807) is 31.5 Å². The van der Waals surface area contributed by atoms with Gasteiger partial charge in [0.15, 0.2) is 0 Å². The third kappa shape index (κ3) is 2.01. The normalized spacial score (nSPS) is 11.9. The summed E-state index contributed by atoms with van der Waals surface area (Å²) in [6, 6.07) is 3.29. The number of hydrogen-bond acceptors (Lipinski definition) is 3. The zero-order valence-corrected chi connectivity index (χ0v) is 10.9. The van der Waals surface area contributed by atoms with Crippen LogP contribution in [-0.2, 0) is 10.0 Å². The van der Waals surface area contributed by atoms with E-state index in [0.717, 1.165) is 0 Å². The lowest BCUT2D eigenvalue weighted by Gasteiger charge is -2.11. The van der Waals surface area contributed by atoms with E-state index in [1.807, 2.05) is 0 Å². The van der Waals surface area contributed by atoms with Crippen LogP contribution in [0.15, 0.2) is 29.4 Å². The predicted octanol–water partition coefficient (Wildman–Crippen LogP) is 2.10. The SMILES string of the molecule is CNS(=O)(=O)c1c(C)cc(Cl)c2cnccc12. The minimum Gasteiger partial charge on any atom is -0.264 e. The summed E-state index contributed by atoms with van der Waals surface area (Å²) in [4.78, 5) is 4.20. The zero-order valence-electron chi connectivity index (χ0n) is 9.36. The van der Waals surface area contributed by atoms with Crippen molar-refractivity contribution in [2.24, 2.45) is 0 Å². The molecule has 0 bridgehead atoms. The highest BCUT2D eigenvalue weighted by Crippen LogP contribution is 2.31. The number of fused-ring (bicyclic) bond motifs is 1. The predicted molar refractivity (Wildman–Crippen MR) is 67.7 cm³/mol. The molecule has 90 valence electrons. The Hall–Kier alpha value is -1.17. The molecule has 0 aliphatic rings. The molecule has 2 rings (SSSR count). The van der Waals surface area contributed by atoms with Crippen molar-refractivity contribution in [2.75, 3.05) is 7.05 Å². The minimum atomic E-state index is -3.51. The van der Waals surface area contributed by atoms with Crippen molar-refractivity contribution in [3.63, 3.8) is 0 Å². The highest BCUT2D eigenvalue weighted by Gasteiger charge is 2.19. The van der Waals surface area contributed by atoms with Gasteiger partial charge in [0.1, 0.15) is 0 Å². The van der Waals surface area contributed by atoms with E-state index < -0.39 is 10.0 Å². The van der Waals surface area contributed by atoms with Gasteiger partial charge in [0.2, 0.25) is 10.0 Å². The molecule has 1 aromatic heterocycles. The van der Waals surface area contributed by atoms with E-state index >= 15 is 0 Å². The third-order valence-corrected chi connectivity index (χ3v) is 4.49. The number of nitrogens with zero attached hydrogens (tertiary/aromatic N) is 1. The Morgan fingerprint density at radius 3 is 2.71 bits per heavy atom. The number of aromatic nitrogens is 1. The maximum atomic E-state index is 12.0. The Kier molecular flexibility index (Phi) is 3.07. The highest BCUT2D eigenvalue weighted by atomic mass is 35.5. The van der Waals surface area contributed by atoms with Crippen LogP contribution in [0.5, 0.6) is 0 Å². The van der Waals surface area contributed by atoms with Crippen LogP contribution in [0, 0.1) is 6.92 Å². The molecule has 0 amide bonds. The number of aryl methyl sites for hydroxylation is 1. The summed E-state index contributed by atoms with van der Waals surface area (Å²) < 4.78 is 26.3. The topological polar surface area (TPSA) is 59.1 Å². The summed E-state index contributed by atoms with van der Waals surface area (Å²) >= 11 is 6.07. The van der Waals surface area contributed by atoms with E-state index in [1.165, 1.54) is 7.05 Å². The van der Waals surface area contributed by atoms with Crippen molar-refractivity contribution in [1.82, 2.24) is 9.71 Å². The van der Waals surface area contributed by atoms with Crippen molar-refractivity contribution in [1.29, 1.82) is 0 Å². The first-order valence-electron chi connectivity index (χ1n) is 4.93. The summed E-state index contributed by atoms with van der Waals surface area (Å²) in [5.74, 6) is 0. The Bertz CT molecular complexity index is 683. The molecular formula is C11H11ClN2O2S. The average Bonchev–Trinajstić information content (AvgIpc) is 2.29. The fourth-order valence-electron chi connectivity index (χ4n) is 1.79. The second-order valence-electron chi connectivity index (χ2n) is 3.63. The molecule has 0 aliphatic carbocycles. The number of halogens is 1. The Labute approximate surface area is 105 Å². The molecule has 0 saturated heterocycles. The molecule has 1 N–H and O–H groups in total. The van der Waals surface area contributed by atoms with Gasteiger partial charge < -0.3 is 0 Å². The largest absolute Gasteiger partial charge is 0.264 e. The molecular weight excluding hydrogens is 260 g/mol. The van der Waals surface area contributed by atoms with Gasteiger partial charge in [-0.25, -0.2) is 13.1 Å². The van der Waals surface area contributed by atoms with E-state index in [4.69, 9.17) is 11.6 Å². The van der Waals surface area contributed by atoms with Crippen LogP contribution in [0.2, 0.25) is 5.02 Å². The molecule has 0 fully saturated rings. The number of pyridine rings is 1. The van der Waals surface area contributed by atoms with Crippen LogP contribution in [0.1, 0.15) is 5.56 Å². The maximum absolute atomic E-state index is 12.0. The van der Waals surface area contributed by atoms with Crippen molar-refractivity contribution < 1.29 is 8.42 Å². The number of hydrogen-bond donors (Lipinski definition) is 1. The second kappa shape index (κ2) is 4.25. The van der Waals surface area contributed by atoms with Crippen molar-refractivity contribution in [3.05, 3.63) is 35.1 Å². The first kappa shape index (κ1) is 12.3. The maximum Gasteiger partial charge on any atom is 0.241 e. The van der Waals surface area contributed by atoms with E-state index in [2.05, 4.69) is 9.71 Å². The molecule has 0 unspecified atom stereocenters. The van der Waals surface area contributed by atoms with Crippen LogP contribution in [0.3, 0.4) is 0 Å². The molecule has 0 radical (unpaired) electrons. The summed E-state index contributed by atoms with van der Waals surface area (Å²) in [5, 5.41) is 1.72. The molecule has 17 heavy (non-hydrogen) atoms. The van der Waals surface area contributed by atoms with Gasteiger partial charge in [-0.3, -0.25) is 4.98 Å². The van der Waals surface area contributed by atoms with Crippen LogP contribution in [0.4, 0.5) is 0 Å². The monoisotopic (exact) mass is 270 g/mol. The number of sulfonamides is 1. The molecule has 4 nitrogen and oxygen atoms in total. The number of nitrogens with one attached hydrogen (secondary N) is 1. The second-order valence-corrected chi connectivity index (χ2v) is 5.86. The summed E-state index contributed by atoms with van der Waals surface area (Å²) in [6.07, 6.45) is 3.11. The highest BCUT2D eigenvalue weighted by molar-refractivity contribution is 7.89. The number of rotatable bonds is 2. The van der Waals surface area contributed by atoms with Crippen molar-refractivity contribution in [2.45, 2.75) is 11.8 Å². The van der Waals surface area contributed by atoms with Crippen LogP contribution < -0.4 is 4.72 Å². The van der Waals surface area contributed by atoms with E-state index in [9.17, 15) is 8.42 Å². The van der Waals surface area contributed by atoms with Gasteiger partial charge in [0.05, 0.1) is 9.92 Å². The fourth-order valence-corrected chi connectivity index (χ4v) is 3.26. The quantitative estimate of drug-likeness (QED) is 0.909. The standard InChI is InChI=1S/C11H11ClN2O2S/c1-7-5-10(12)9-6-14-4-3-8(9)11(7)17(15,16)13-2/h3-6,13H,1-2H3. The first-order chi connectivity index (χ1) is 7.97. The Balaban J connectivity index is 2.98. The van der Waals surface area contributed by atoms with E-state index in [0.29, 0.717) is 21.4 Å². The van der Waals surface area contributed by atoms with Gasteiger partial charge in [-0.15, -0.1) is 0 Å². The van der Waals surface area contributed by atoms with Crippen LogP contribution in [-0.4, -0.2) is 20.4 Å². The molecule has 1 heterocycles. The molecule has 0 atom stereocenters.